The molecule has 0 bridgehead atoms. The van der Waals surface area contributed by atoms with Crippen LogP contribution in [-0.4, -0.2) is 41.5 Å². The van der Waals surface area contributed by atoms with Gasteiger partial charge in [-0.25, -0.2) is 19.2 Å². The molecule has 3 heterocycles. The number of nitrogens with zero attached hydrogens (tertiary/aromatic N) is 5. The first-order chi connectivity index (χ1) is 19.3. The lowest BCUT2D eigenvalue weighted by Gasteiger charge is -2.26. The summed E-state index contributed by atoms with van der Waals surface area (Å²) in [7, 11) is 0. The Morgan fingerprint density at radius 3 is 2.38 bits per heavy atom. The van der Waals surface area contributed by atoms with Crippen molar-refractivity contribution in [1.29, 1.82) is 0 Å². The van der Waals surface area contributed by atoms with Crippen LogP contribution in [0.4, 0.5) is 4.39 Å². The summed E-state index contributed by atoms with van der Waals surface area (Å²) in [6.45, 7) is 6.46. The number of rotatable bonds is 9. The van der Waals surface area contributed by atoms with E-state index >= 15 is 0 Å². The largest absolute Gasteiger partial charge is 0.474 e. The molecule has 1 saturated carbocycles. The molecule has 10 heteroatoms. The minimum absolute atomic E-state index is 0.0910. The van der Waals surface area contributed by atoms with Crippen LogP contribution in [0.2, 0.25) is 0 Å². The van der Waals surface area contributed by atoms with Gasteiger partial charge in [0, 0.05) is 37.9 Å². The van der Waals surface area contributed by atoms with Crippen LogP contribution in [-0.2, 0) is 19.6 Å². The molecule has 212 valence electrons. The molecule has 9 nitrogen and oxygen atoms in total. The van der Waals surface area contributed by atoms with Crippen LogP contribution in [0.3, 0.4) is 0 Å². The highest BCUT2D eigenvalue weighted by Crippen LogP contribution is 2.30. The zero-order chi connectivity index (χ0) is 28.4. The summed E-state index contributed by atoms with van der Waals surface area (Å²) in [5.74, 6) is 1.41. The lowest BCUT2D eigenvalue weighted by Crippen LogP contribution is -2.40. The Morgan fingerprint density at radius 1 is 1.00 bits per heavy atom. The van der Waals surface area contributed by atoms with Crippen LogP contribution in [0.1, 0.15) is 57.2 Å². The predicted octanol–water partition coefficient (Wildman–Crippen LogP) is 4.28. The average Bonchev–Trinajstić information content (AvgIpc) is 3.30. The first-order valence-corrected chi connectivity index (χ1v) is 14.0. The molecule has 40 heavy (non-hydrogen) atoms. The van der Waals surface area contributed by atoms with Crippen LogP contribution in [0.5, 0.6) is 5.88 Å². The summed E-state index contributed by atoms with van der Waals surface area (Å²) in [5.41, 5.74) is 1.78. The van der Waals surface area contributed by atoms with Gasteiger partial charge in [-0.3, -0.25) is 13.9 Å². The summed E-state index contributed by atoms with van der Waals surface area (Å²) in [6.07, 6.45) is 4.72. The van der Waals surface area contributed by atoms with Crippen molar-refractivity contribution < 1.29 is 14.2 Å². The minimum Gasteiger partial charge on any atom is -0.474 e. The molecule has 3 aromatic heterocycles. The molecule has 0 atom stereocenters. The van der Waals surface area contributed by atoms with Crippen LogP contribution < -0.4 is 16.0 Å². The van der Waals surface area contributed by atoms with Crippen molar-refractivity contribution in [2.45, 2.75) is 78.6 Å². The minimum atomic E-state index is -0.476. The monoisotopic (exact) mass is 549 g/mol. The Labute approximate surface area is 231 Å². The summed E-state index contributed by atoms with van der Waals surface area (Å²) in [4.78, 5) is 36.5. The fraction of sp³-hybridized carbons (Fsp3) is 0.467. The summed E-state index contributed by atoms with van der Waals surface area (Å²) >= 11 is 0. The van der Waals surface area contributed by atoms with Crippen molar-refractivity contribution >= 4 is 11.2 Å². The molecule has 0 amide bonds. The second-order valence-corrected chi connectivity index (χ2v) is 10.7. The molecular weight excluding hydrogens is 513 g/mol. The van der Waals surface area contributed by atoms with Gasteiger partial charge in [-0.2, -0.15) is 0 Å². The first-order valence-electron chi connectivity index (χ1n) is 14.0. The number of ether oxygens (including phenoxy) is 1. The fourth-order valence-electron chi connectivity index (χ4n) is 5.49. The SMILES string of the molecule is CCn1c(=O)n(CCCO)c(=O)c2c1nc(-c1ccc(OC3CCC(C)CC3)nc1C)n2Cc1ccc(F)cc1. The lowest BCUT2D eigenvalue weighted by atomic mass is 9.89. The Bertz CT molecular complexity index is 1610. The number of pyridine rings is 1. The number of hydrogen-bond acceptors (Lipinski definition) is 6. The Kier molecular flexibility index (Phi) is 8.16. The maximum absolute atomic E-state index is 13.7. The summed E-state index contributed by atoms with van der Waals surface area (Å²) in [6, 6.07) is 9.80. The molecule has 4 aromatic rings. The van der Waals surface area contributed by atoms with E-state index in [0.29, 0.717) is 29.5 Å². The van der Waals surface area contributed by atoms with Crippen molar-refractivity contribution in [2.24, 2.45) is 5.92 Å². The Hall–Kier alpha value is -3.79. The van der Waals surface area contributed by atoms with E-state index in [1.165, 1.54) is 16.7 Å². The zero-order valence-corrected chi connectivity index (χ0v) is 23.3. The fourth-order valence-corrected chi connectivity index (χ4v) is 5.49. The van der Waals surface area contributed by atoms with Gasteiger partial charge in [0.2, 0.25) is 5.88 Å². The van der Waals surface area contributed by atoms with E-state index in [1.807, 2.05) is 26.0 Å². The van der Waals surface area contributed by atoms with E-state index in [9.17, 15) is 19.1 Å². The van der Waals surface area contributed by atoms with Gasteiger partial charge in [0.15, 0.2) is 11.2 Å². The number of aliphatic hydroxyl groups excluding tert-OH is 1. The maximum Gasteiger partial charge on any atom is 0.332 e. The highest BCUT2D eigenvalue weighted by molar-refractivity contribution is 5.78. The van der Waals surface area contributed by atoms with Gasteiger partial charge in [-0.05, 0) is 75.6 Å². The molecule has 1 aromatic carbocycles. The maximum atomic E-state index is 13.7. The zero-order valence-electron chi connectivity index (χ0n) is 23.3. The second-order valence-electron chi connectivity index (χ2n) is 10.7. The van der Waals surface area contributed by atoms with Gasteiger partial charge in [0.05, 0.1) is 5.69 Å². The molecule has 1 N–H and O–H groups in total. The molecule has 0 radical (unpaired) electrons. The second kappa shape index (κ2) is 11.8. The number of hydrogen-bond donors (Lipinski definition) is 1. The van der Waals surface area contributed by atoms with E-state index in [0.717, 1.165) is 41.7 Å². The molecule has 1 fully saturated rings. The van der Waals surface area contributed by atoms with Crippen LogP contribution in [0.25, 0.3) is 22.6 Å². The van der Waals surface area contributed by atoms with Gasteiger partial charge in [-0.15, -0.1) is 0 Å². The van der Waals surface area contributed by atoms with Crippen molar-refractivity contribution in [3.8, 4) is 17.3 Å². The van der Waals surface area contributed by atoms with Gasteiger partial charge < -0.3 is 14.4 Å². The molecule has 5 rings (SSSR count). The smallest absolute Gasteiger partial charge is 0.332 e. The molecule has 0 unspecified atom stereocenters. The van der Waals surface area contributed by atoms with Gasteiger partial charge >= 0.3 is 5.69 Å². The Balaban J connectivity index is 1.65. The Morgan fingerprint density at radius 2 is 1.73 bits per heavy atom. The molecule has 0 saturated heterocycles. The quantitative estimate of drug-likeness (QED) is 0.334. The summed E-state index contributed by atoms with van der Waals surface area (Å²) in [5, 5.41) is 9.35. The topological polar surface area (TPSA) is 104 Å². The van der Waals surface area contributed by atoms with E-state index in [2.05, 4.69) is 6.92 Å². The van der Waals surface area contributed by atoms with Gasteiger partial charge in [0.25, 0.3) is 5.56 Å². The molecule has 0 spiro atoms. The van der Waals surface area contributed by atoms with E-state index in [1.54, 1.807) is 16.7 Å². The third kappa shape index (κ3) is 5.45. The standard InChI is InChI=1S/C30H36FN5O4/c1-4-34-28-26(29(38)35(30(34)39)16-5-17-37)36(18-21-8-10-22(31)11-9-21)27(33-28)24-14-15-25(32-20(24)3)40-23-12-6-19(2)7-13-23/h8-11,14-15,19,23,37H,4-7,12-13,16-18H2,1-3H3. The molecule has 1 aliphatic rings. The van der Waals surface area contributed by atoms with Crippen molar-refractivity contribution in [2.75, 3.05) is 6.61 Å². The number of aromatic nitrogens is 5. The molecule has 0 aliphatic heterocycles. The normalized spacial score (nSPS) is 17.4. The highest BCUT2D eigenvalue weighted by Gasteiger charge is 2.24. The number of aryl methyl sites for hydroxylation is 2. The highest BCUT2D eigenvalue weighted by atomic mass is 19.1. The van der Waals surface area contributed by atoms with Crippen LogP contribution in [0, 0.1) is 18.7 Å². The number of aliphatic hydroxyl groups is 1. The van der Waals surface area contributed by atoms with Crippen molar-refractivity contribution in [3.05, 3.63) is 74.3 Å². The lowest BCUT2D eigenvalue weighted by molar-refractivity contribution is 0.130. The van der Waals surface area contributed by atoms with Crippen LogP contribution >= 0.6 is 0 Å². The van der Waals surface area contributed by atoms with Gasteiger partial charge in [0.1, 0.15) is 17.7 Å². The predicted molar refractivity (Wildman–Crippen MR) is 151 cm³/mol. The summed E-state index contributed by atoms with van der Waals surface area (Å²) < 4.78 is 24.3. The number of benzene rings is 1. The van der Waals surface area contributed by atoms with Gasteiger partial charge in [-0.1, -0.05) is 19.1 Å². The molecule has 1 aliphatic carbocycles. The number of halogens is 1. The van der Waals surface area contributed by atoms with Crippen molar-refractivity contribution in [1.82, 2.24) is 23.7 Å². The van der Waals surface area contributed by atoms with E-state index in [-0.39, 0.29) is 49.2 Å². The third-order valence-corrected chi connectivity index (χ3v) is 7.78. The van der Waals surface area contributed by atoms with E-state index < -0.39 is 11.2 Å². The van der Waals surface area contributed by atoms with Crippen LogP contribution in [0.15, 0.2) is 46.0 Å². The van der Waals surface area contributed by atoms with Crippen molar-refractivity contribution in [3.63, 3.8) is 0 Å². The average molecular weight is 550 g/mol. The first kappa shape index (κ1) is 27.8. The molecular formula is C30H36FN5O4. The van der Waals surface area contributed by atoms with E-state index in [4.69, 9.17) is 14.7 Å². The number of fused-ring (bicyclic) bond motifs is 1. The number of imidazole rings is 1. The third-order valence-electron chi connectivity index (χ3n) is 7.78.